The van der Waals surface area contributed by atoms with Crippen LogP contribution in [0.4, 0.5) is 0 Å². The first-order chi connectivity index (χ1) is 7.58. The van der Waals surface area contributed by atoms with Crippen LogP contribution < -0.4 is 0 Å². The first-order valence-corrected chi connectivity index (χ1v) is 5.15. The van der Waals surface area contributed by atoms with E-state index in [4.69, 9.17) is 9.47 Å². The molecule has 0 amide bonds. The van der Waals surface area contributed by atoms with Gasteiger partial charge in [-0.05, 0) is 6.42 Å². The number of esters is 2. The molecule has 6 nitrogen and oxygen atoms in total. The lowest BCUT2D eigenvalue weighted by molar-refractivity contribution is -0.372. The number of hydrogen-bond acceptors (Lipinski definition) is 6. The lowest BCUT2D eigenvalue weighted by Crippen LogP contribution is -2.74. The fourth-order valence-corrected chi connectivity index (χ4v) is 1.85. The highest BCUT2D eigenvalue weighted by Crippen LogP contribution is 2.35. The number of nitrogens with zero attached hydrogens (tertiary/aromatic N) is 1. The maximum atomic E-state index is 11.3. The summed E-state index contributed by atoms with van der Waals surface area (Å²) in [6.45, 7) is 2.85. The zero-order valence-corrected chi connectivity index (χ0v) is 8.88. The van der Waals surface area contributed by atoms with Crippen LogP contribution in [0.25, 0.3) is 0 Å². The highest BCUT2D eigenvalue weighted by atomic mass is 16.8. The predicted molar refractivity (Wildman–Crippen MR) is 51.9 cm³/mol. The summed E-state index contributed by atoms with van der Waals surface area (Å²) in [6, 6.07) is 0. The van der Waals surface area contributed by atoms with E-state index >= 15 is 0 Å². The minimum absolute atomic E-state index is 0.328. The lowest BCUT2D eigenvalue weighted by Gasteiger charge is -2.51. The smallest absolute Gasteiger partial charge is 0.349 e. The Morgan fingerprint density at radius 2 is 2.00 bits per heavy atom. The van der Waals surface area contributed by atoms with Crippen LogP contribution in [0, 0.1) is 0 Å². The van der Waals surface area contributed by atoms with Gasteiger partial charge < -0.3 is 14.6 Å². The average molecular weight is 227 g/mol. The molecule has 1 spiro atoms. The molecule has 2 rings (SSSR count). The number of aliphatic hydroxyl groups excluding tert-OH is 1. The molecular weight excluding hydrogens is 214 g/mol. The molecule has 2 aliphatic rings. The van der Waals surface area contributed by atoms with Crippen LogP contribution in [0.3, 0.4) is 0 Å². The van der Waals surface area contributed by atoms with Crippen LogP contribution in [0.1, 0.15) is 13.3 Å². The third-order valence-corrected chi connectivity index (χ3v) is 2.60. The summed E-state index contributed by atoms with van der Waals surface area (Å²) in [5, 5.41) is 9.66. The summed E-state index contributed by atoms with van der Waals surface area (Å²) < 4.78 is 9.98. The summed E-state index contributed by atoms with van der Waals surface area (Å²) in [6.07, 6.45) is 1.79. The van der Waals surface area contributed by atoms with Crippen LogP contribution in [-0.4, -0.2) is 47.0 Å². The van der Waals surface area contributed by atoms with E-state index in [1.54, 1.807) is 4.90 Å². The minimum Gasteiger partial charge on any atom is -0.403 e. The Labute approximate surface area is 92.4 Å². The molecule has 6 heteroatoms. The van der Waals surface area contributed by atoms with Gasteiger partial charge in [-0.3, -0.25) is 0 Å². The molecule has 1 fully saturated rings. The molecule has 0 aromatic heterocycles. The summed E-state index contributed by atoms with van der Waals surface area (Å²) in [4.78, 5) is 24.1. The molecule has 16 heavy (non-hydrogen) atoms. The number of hydrogen-bond donors (Lipinski definition) is 1. The predicted octanol–water partition coefficient (Wildman–Crippen LogP) is -0.617. The highest BCUT2D eigenvalue weighted by Gasteiger charge is 2.60. The van der Waals surface area contributed by atoms with Crippen molar-refractivity contribution in [1.29, 1.82) is 0 Å². The largest absolute Gasteiger partial charge is 0.403 e. The summed E-state index contributed by atoms with van der Waals surface area (Å²) >= 11 is 0. The Kier molecular flexibility index (Phi) is 2.69. The second-order valence-corrected chi connectivity index (χ2v) is 3.77. The Morgan fingerprint density at radius 1 is 1.44 bits per heavy atom. The van der Waals surface area contributed by atoms with Crippen LogP contribution >= 0.6 is 0 Å². The molecule has 88 valence electrons. The van der Waals surface area contributed by atoms with Crippen LogP contribution in [0.5, 0.6) is 0 Å². The van der Waals surface area contributed by atoms with Crippen molar-refractivity contribution >= 4 is 11.9 Å². The fraction of sp³-hybridized carbons (Fsp3) is 0.600. The van der Waals surface area contributed by atoms with Gasteiger partial charge in [-0.15, -0.1) is 0 Å². The van der Waals surface area contributed by atoms with Gasteiger partial charge in [0.2, 0.25) is 0 Å². The molecule has 1 saturated heterocycles. The van der Waals surface area contributed by atoms with Gasteiger partial charge in [0.15, 0.2) is 6.10 Å². The second kappa shape index (κ2) is 3.88. The van der Waals surface area contributed by atoms with Crippen molar-refractivity contribution in [2.75, 3.05) is 13.1 Å². The zero-order chi connectivity index (χ0) is 11.8. The van der Waals surface area contributed by atoms with Crippen LogP contribution in [-0.2, 0) is 19.1 Å². The van der Waals surface area contributed by atoms with Crippen molar-refractivity contribution in [3.8, 4) is 0 Å². The number of carbonyl (C=O) groups is 2. The molecule has 2 aliphatic heterocycles. The molecule has 0 aromatic carbocycles. The van der Waals surface area contributed by atoms with E-state index in [0.29, 0.717) is 13.1 Å². The van der Waals surface area contributed by atoms with Crippen molar-refractivity contribution < 1.29 is 24.2 Å². The number of β-amino-alcohol motifs (C(OH)–C–C–N with tert-alkyl or cyclic N) is 1. The molecule has 1 atom stereocenters. The van der Waals surface area contributed by atoms with Gasteiger partial charge in [0.25, 0.3) is 0 Å². The lowest BCUT2D eigenvalue weighted by atomic mass is 10.1. The first kappa shape index (κ1) is 11.1. The summed E-state index contributed by atoms with van der Waals surface area (Å²) in [7, 11) is 0. The maximum absolute atomic E-state index is 11.3. The number of rotatable bonds is 2. The van der Waals surface area contributed by atoms with E-state index in [-0.39, 0.29) is 0 Å². The zero-order valence-electron chi connectivity index (χ0n) is 8.88. The number of carbonyl (C=O) groups excluding carboxylic acids is 2. The molecule has 0 bridgehead atoms. The van der Waals surface area contributed by atoms with Crippen molar-refractivity contribution in [2.45, 2.75) is 25.4 Å². The molecular formula is C10H13NO5. The van der Waals surface area contributed by atoms with Crippen LogP contribution in [0.15, 0.2) is 12.2 Å². The van der Waals surface area contributed by atoms with Gasteiger partial charge in [-0.2, -0.15) is 0 Å². The van der Waals surface area contributed by atoms with Gasteiger partial charge in [-0.25, -0.2) is 14.5 Å². The Bertz CT molecular complexity index is 329. The van der Waals surface area contributed by atoms with Crippen molar-refractivity contribution in [1.82, 2.24) is 4.90 Å². The van der Waals surface area contributed by atoms with E-state index in [0.717, 1.165) is 18.6 Å². The number of aliphatic hydroxyl groups is 1. The van der Waals surface area contributed by atoms with Gasteiger partial charge in [0.1, 0.15) is 0 Å². The Balaban J connectivity index is 2.21. The molecule has 0 radical (unpaired) electrons. The van der Waals surface area contributed by atoms with Gasteiger partial charge in [0.05, 0.1) is 0 Å². The molecule has 2 heterocycles. The molecule has 0 aromatic rings. The highest BCUT2D eigenvalue weighted by molar-refractivity contribution is 5.93. The monoisotopic (exact) mass is 227 g/mol. The van der Waals surface area contributed by atoms with Crippen molar-refractivity contribution in [3.05, 3.63) is 12.2 Å². The van der Waals surface area contributed by atoms with E-state index < -0.39 is 24.0 Å². The molecule has 0 saturated carbocycles. The first-order valence-electron chi connectivity index (χ1n) is 5.15. The van der Waals surface area contributed by atoms with E-state index in [1.807, 2.05) is 6.92 Å². The normalized spacial score (nSPS) is 28.2. The second-order valence-electron chi connectivity index (χ2n) is 3.77. The SMILES string of the molecule is CCCN1CC(O)C12OC(=O)C=CC(=O)O2. The van der Waals surface area contributed by atoms with Crippen LogP contribution in [0.2, 0.25) is 0 Å². The average Bonchev–Trinajstić information content (AvgIpc) is 2.40. The third kappa shape index (κ3) is 1.60. The number of ether oxygens (including phenoxy) is 2. The van der Waals surface area contributed by atoms with E-state index in [9.17, 15) is 14.7 Å². The fourth-order valence-electron chi connectivity index (χ4n) is 1.85. The number of likely N-dealkylation sites (tertiary alicyclic amines) is 1. The Morgan fingerprint density at radius 3 is 2.44 bits per heavy atom. The Hall–Kier alpha value is -1.40. The van der Waals surface area contributed by atoms with Crippen molar-refractivity contribution in [3.63, 3.8) is 0 Å². The maximum Gasteiger partial charge on any atom is 0.349 e. The molecule has 1 unspecified atom stereocenters. The van der Waals surface area contributed by atoms with Crippen molar-refractivity contribution in [2.24, 2.45) is 0 Å². The molecule has 0 aliphatic carbocycles. The third-order valence-electron chi connectivity index (χ3n) is 2.60. The summed E-state index contributed by atoms with van der Waals surface area (Å²) in [5.74, 6) is -3.00. The van der Waals surface area contributed by atoms with E-state index in [1.165, 1.54) is 0 Å². The van der Waals surface area contributed by atoms with Gasteiger partial charge in [-0.1, -0.05) is 6.92 Å². The van der Waals surface area contributed by atoms with Gasteiger partial charge in [0, 0.05) is 25.2 Å². The summed E-state index contributed by atoms with van der Waals surface area (Å²) in [5.41, 5.74) is 0. The van der Waals surface area contributed by atoms with E-state index in [2.05, 4.69) is 0 Å². The standard InChI is InChI=1S/C10H13NO5/c1-2-5-11-6-7(12)10(11)15-8(13)3-4-9(14)16-10/h3-4,7,12H,2,5-6H2,1H3. The minimum atomic E-state index is -1.62. The topological polar surface area (TPSA) is 76.1 Å². The molecule has 1 N–H and O–H groups in total. The quantitative estimate of drug-likeness (QED) is 0.634. The van der Waals surface area contributed by atoms with Gasteiger partial charge >= 0.3 is 17.8 Å².